The molecule has 1 unspecified atom stereocenters. The quantitative estimate of drug-likeness (QED) is 0.837. The number of nitrogens with zero attached hydrogens (tertiary/aromatic N) is 4. The second-order valence-electron chi connectivity index (χ2n) is 5.65. The Balaban J connectivity index is 1.54. The van der Waals surface area contributed by atoms with Crippen LogP contribution in [0, 0.1) is 0 Å². The second kappa shape index (κ2) is 7.21. The fourth-order valence-corrected chi connectivity index (χ4v) is 2.88. The van der Waals surface area contributed by atoms with Crippen LogP contribution in [0.4, 0.5) is 0 Å². The molecule has 1 amide bonds. The van der Waals surface area contributed by atoms with Crippen molar-refractivity contribution >= 4 is 5.91 Å². The summed E-state index contributed by atoms with van der Waals surface area (Å²) in [5, 5.41) is 3.74. The molecule has 1 saturated heterocycles. The SMILES string of the molecule is COc1cc(CCC(=O)N2CCCC(c3ccncn3)C2)on1. The molecule has 1 aliphatic heterocycles. The number of hydrogen-bond acceptors (Lipinski definition) is 6. The van der Waals surface area contributed by atoms with Gasteiger partial charge in [0, 0.05) is 49.8 Å². The lowest BCUT2D eigenvalue weighted by atomic mass is 9.94. The van der Waals surface area contributed by atoms with E-state index in [1.165, 1.54) is 7.11 Å². The van der Waals surface area contributed by atoms with Gasteiger partial charge in [0.2, 0.25) is 5.91 Å². The highest BCUT2D eigenvalue weighted by Gasteiger charge is 2.25. The maximum Gasteiger partial charge on any atom is 0.254 e. The van der Waals surface area contributed by atoms with E-state index in [1.807, 2.05) is 11.0 Å². The van der Waals surface area contributed by atoms with Gasteiger partial charge in [-0.25, -0.2) is 9.97 Å². The first kappa shape index (κ1) is 15.5. The van der Waals surface area contributed by atoms with Gasteiger partial charge in [-0.1, -0.05) is 0 Å². The van der Waals surface area contributed by atoms with Crippen LogP contribution in [-0.4, -0.2) is 46.1 Å². The zero-order chi connectivity index (χ0) is 16.1. The number of carbonyl (C=O) groups excluding carboxylic acids is 1. The predicted molar refractivity (Wildman–Crippen MR) is 82.0 cm³/mol. The molecule has 0 N–H and O–H groups in total. The van der Waals surface area contributed by atoms with E-state index in [2.05, 4.69) is 15.1 Å². The minimum atomic E-state index is 0.138. The van der Waals surface area contributed by atoms with Crippen LogP contribution >= 0.6 is 0 Å². The lowest BCUT2D eigenvalue weighted by molar-refractivity contribution is -0.132. The molecule has 0 bridgehead atoms. The summed E-state index contributed by atoms with van der Waals surface area (Å²) in [6, 6.07) is 3.65. The first-order valence-corrected chi connectivity index (χ1v) is 7.79. The van der Waals surface area contributed by atoms with Crippen LogP contribution in [0.15, 0.2) is 29.2 Å². The van der Waals surface area contributed by atoms with E-state index < -0.39 is 0 Å². The maximum absolute atomic E-state index is 12.4. The van der Waals surface area contributed by atoms with Crippen LogP contribution in [0.5, 0.6) is 5.88 Å². The van der Waals surface area contributed by atoms with Crippen LogP contribution in [-0.2, 0) is 11.2 Å². The number of rotatable bonds is 5. The number of carbonyl (C=O) groups is 1. The van der Waals surface area contributed by atoms with Gasteiger partial charge < -0.3 is 14.2 Å². The van der Waals surface area contributed by atoms with Crippen molar-refractivity contribution in [3.63, 3.8) is 0 Å². The molecule has 0 radical (unpaired) electrons. The summed E-state index contributed by atoms with van der Waals surface area (Å²) in [5.41, 5.74) is 1.01. The number of aryl methyl sites for hydroxylation is 1. The van der Waals surface area contributed by atoms with Gasteiger partial charge in [0.25, 0.3) is 5.88 Å². The zero-order valence-electron chi connectivity index (χ0n) is 13.1. The van der Waals surface area contributed by atoms with E-state index in [4.69, 9.17) is 9.26 Å². The van der Waals surface area contributed by atoms with Crippen molar-refractivity contribution in [3.8, 4) is 5.88 Å². The van der Waals surface area contributed by atoms with Gasteiger partial charge >= 0.3 is 0 Å². The summed E-state index contributed by atoms with van der Waals surface area (Å²) >= 11 is 0. The lowest BCUT2D eigenvalue weighted by Gasteiger charge is -2.32. The van der Waals surface area contributed by atoms with E-state index >= 15 is 0 Å². The van der Waals surface area contributed by atoms with E-state index in [9.17, 15) is 4.79 Å². The maximum atomic E-state index is 12.4. The summed E-state index contributed by atoms with van der Waals surface area (Å²) in [6.07, 6.45) is 6.31. The van der Waals surface area contributed by atoms with Gasteiger partial charge in [-0.2, -0.15) is 0 Å². The Kier molecular flexibility index (Phi) is 4.85. The average molecular weight is 316 g/mol. The molecule has 3 rings (SSSR count). The van der Waals surface area contributed by atoms with E-state index in [0.717, 1.165) is 31.6 Å². The molecule has 1 atom stereocenters. The Morgan fingerprint density at radius 1 is 1.52 bits per heavy atom. The monoisotopic (exact) mass is 316 g/mol. The average Bonchev–Trinajstić information content (AvgIpc) is 3.09. The Morgan fingerprint density at radius 2 is 2.43 bits per heavy atom. The molecule has 3 heterocycles. The molecule has 2 aromatic heterocycles. The van der Waals surface area contributed by atoms with Crippen molar-refractivity contribution in [2.75, 3.05) is 20.2 Å². The third kappa shape index (κ3) is 3.85. The third-order valence-electron chi connectivity index (χ3n) is 4.13. The van der Waals surface area contributed by atoms with Crippen LogP contribution in [0.3, 0.4) is 0 Å². The summed E-state index contributed by atoms with van der Waals surface area (Å²) < 4.78 is 10.1. The summed E-state index contributed by atoms with van der Waals surface area (Å²) in [4.78, 5) is 22.6. The van der Waals surface area contributed by atoms with Crippen LogP contribution in [0.1, 0.15) is 36.6 Å². The molecule has 23 heavy (non-hydrogen) atoms. The number of aromatic nitrogens is 3. The molecule has 122 valence electrons. The fraction of sp³-hybridized carbons (Fsp3) is 0.500. The van der Waals surface area contributed by atoms with Crippen molar-refractivity contribution in [2.45, 2.75) is 31.6 Å². The largest absolute Gasteiger partial charge is 0.479 e. The number of piperidine rings is 1. The molecule has 7 heteroatoms. The Hall–Kier alpha value is -2.44. The van der Waals surface area contributed by atoms with Crippen molar-refractivity contribution in [2.24, 2.45) is 0 Å². The number of amides is 1. The van der Waals surface area contributed by atoms with Crippen LogP contribution < -0.4 is 4.74 Å². The van der Waals surface area contributed by atoms with E-state index in [1.54, 1.807) is 18.6 Å². The molecule has 1 aliphatic rings. The van der Waals surface area contributed by atoms with Crippen molar-refractivity contribution in [3.05, 3.63) is 36.1 Å². The zero-order valence-corrected chi connectivity index (χ0v) is 13.1. The highest BCUT2D eigenvalue weighted by Crippen LogP contribution is 2.25. The third-order valence-corrected chi connectivity index (χ3v) is 4.13. The highest BCUT2D eigenvalue weighted by molar-refractivity contribution is 5.76. The molecule has 0 spiro atoms. The molecule has 7 nitrogen and oxygen atoms in total. The van der Waals surface area contributed by atoms with Gasteiger partial charge in [-0.15, -0.1) is 0 Å². The molecule has 1 fully saturated rings. The number of hydrogen-bond donors (Lipinski definition) is 0. The summed E-state index contributed by atoms with van der Waals surface area (Å²) in [7, 11) is 1.54. The normalized spacial score (nSPS) is 18.0. The Bertz CT molecular complexity index is 644. The highest BCUT2D eigenvalue weighted by atomic mass is 16.5. The van der Waals surface area contributed by atoms with Gasteiger partial charge in [0.1, 0.15) is 12.1 Å². The molecule has 0 saturated carbocycles. The molecule has 2 aromatic rings. The van der Waals surface area contributed by atoms with Crippen LogP contribution in [0.2, 0.25) is 0 Å². The van der Waals surface area contributed by atoms with E-state index in [-0.39, 0.29) is 5.91 Å². The van der Waals surface area contributed by atoms with Gasteiger partial charge in [-0.3, -0.25) is 4.79 Å². The van der Waals surface area contributed by atoms with Crippen molar-refractivity contribution in [1.82, 2.24) is 20.0 Å². The fourth-order valence-electron chi connectivity index (χ4n) is 2.88. The number of ether oxygens (including phenoxy) is 1. The predicted octanol–water partition coefficient (Wildman–Crippen LogP) is 1.81. The molecular formula is C16H20N4O3. The smallest absolute Gasteiger partial charge is 0.254 e. The van der Waals surface area contributed by atoms with Crippen molar-refractivity contribution < 1.29 is 14.1 Å². The molecule has 0 aliphatic carbocycles. The first-order valence-electron chi connectivity index (χ1n) is 7.79. The summed E-state index contributed by atoms with van der Waals surface area (Å²) in [6.45, 7) is 1.52. The second-order valence-corrected chi connectivity index (χ2v) is 5.65. The number of likely N-dealkylation sites (tertiary alicyclic amines) is 1. The summed E-state index contributed by atoms with van der Waals surface area (Å²) in [5.74, 6) is 1.54. The molecular weight excluding hydrogens is 296 g/mol. The van der Waals surface area contributed by atoms with Gasteiger partial charge in [-0.05, 0) is 24.1 Å². The Morgan fingerprint density at radius 3 is 3.17 bits per heavy atom. The van der Waals surface area contributed by atoms with E-state index in [0.29, 0.717) is 30.4 Å². The number of methoxy groups -OCH3 is 1. The topological polar surface area (TPSA) is 81.4 Å². The van der Waals surface area contributed by atoms with Gasteiger partial charge in [0.15, 0.2) is 0 Å². The minimum absolute atomic E-state index is 0.138. The first-order chi connectivity index (χ1) is 11.3. The Labute approximate surface area is 134 Å². The standard InChI is InChI=1S/C16H20N4O3/c1-22-15-9-13(23-19-15)4-5-16(21)20-8-2-3-12(10-20)14-6-7-17-11-18-14/h6-7,9,11-12H,2-5,8,10H2,1H3. The van der Waals surface area contributed by atoms with Gasteiger partial charge in [0.05, 0.1) is 7.11 Å². The lowest BCUT2D eigenvalue weighted by Crippen LogP contribution is -2.39. The van der Waals surface area contributed by atoms with Crippen molar-refractivity contribution in [1.29, 1.82) is 0 Å². The van der Waals surface area contributed by atoms with Crippen LogP contribution in [0.25, 0.3) is 0 Å². The minimum Gasteiger partial charge on any atom is -0.479 e. The molecule has 0 aromatic carbocycles.